The molecule has 21 heavy (non-hydrogen) atoms. The van der Waals surface area contributed by atoms with Gasteiger partial charge in [0, 0.05) is 12.1 Å². The standard InChI is InChI=1S/C15H21N3O2.ClH/c1-9(16)14(19)17-10-5-6-12-11(7-10)18-13(20-12)8-15(2,3)4;/h5-7,9H,8,16H2,1-4H3,(H,17,19);1H/t9-;/m1./s1. The number of benzene rings is 1. The van der Waals surface area contributed by atoms with E-state index in [1.807, 2.05) is 6.07 Å². The van der Waals surface area contributed by atoms with Crippen LogP contribution < -0.4 is 11.1 Å². The lowest BCUT2D eigenvalue weighted by molar-refractivity contribution is -0.117. The summed E-state index contributed by atoms with van der Waals surface area (Å²) in [7, 11) is 0. The number of rotatable bonds is 3. The average Bonchev–Trinajstić information content (AvgIpc) is 2.67. The quantitative estimate of drug-likeness (QED) is 0.912. The van der Waals surface area contributed by atoms with Crippen LogP contribution in [0.25, 0.3) is 11.1 Å². The lowest BCUT2D eigenvalue weighted by Gasteiger charge is -2.14. The van der Waals surface area contributed by atoms with Crippen molar-refractivity contribution in [3.63, 3.8) is 0 Å². The number of nitrogens with one attached hydrogen (secondary N) is 1. The Kier molecular flexibility index (Phi) is 5.36. The van der Waals surface area contributed by atoms with Crippen LogP contribution in [0.4, 0.5) is 5.69 Å². The molecule has 1 aromatic heterocycles. The highest BCUT2D eigenvalue weighted by molar-refractivity contribution is 5.95. The van der Waals surface area contributed by atoms with Crippen molar-refractivity contribution in [3.8, 4) is 0 Å². The van der Waals surface area contributed by atoms with E-state index in [1.165, 1.54) is 0 Å². The molecule has 0 aliphatic carbocycles. The number of anilines is 1. The predicted molar refractivity (Wildman–Crippen MR) is 86.7 cm³/mol. The van der Waals surface area contributed by atoms with Gasteiger partial charge in [0.15, 0.2) is 11.5 Å². The number of carbonyl (C=O) groups is 1. The van der Waals surface area contributed by atoms with Gasteiger partial charge in [-0.1, -0.05) is 20.8 Å². The Hall–Kier alpha value is -1.59. The number of amides is 1. The van der Waals surface area contributed by atoms with Crippen molar-refractivity contribution in [2.75, 3.05) is 5.32 Å². The van der Waals surface area contributed by atoms with Crippen molar-refractivity contribution >= 4 is 35.1 Å². The van der Waals surface area contributed by atoms with Crippen LogP contribution in [-0.4, -0.2) is 16.9 Å². The molecule has 1 heterocycles. The molecule has 0 unspecified atom stereocenters. The zero-order valence-electron chi connectivity index (χ0n) is 12.8. The zero-order valence-corrected chi connectivity index (χ0v) is 13.6. The van der Waals surface area contributed by atoms with Crippen LogP contribution in [0.5, 0.6) is 0 Å². The monoisotopic (exact) mass is 311 g/mol. The Morgan fingerprint density at radius 2 is 2.10 bits per heavy atom. The van der Waals surface area contributed by atoms with E-state index in [0.29, 0.717) is 11.6 Å². The maximum Gasteiger partial charge on any atom is 0.240 e. The van der Waals surface area contributed by atoms with Crippen molar-refractivity contribution in [2.45, 2.75) is 40.2 Å². The zero-order chi connectivity index (χ0) is 14.9. The maximum atomic E-state index is 11.6. The van der Waals surface area contributed by atoms with Gasteiger partial charge in [-0.15, -0.1) is 12.4 Å². The third kappa shape index (κ3) is 4.72. The number of fused-ring (bicyclic) bond motifs is 1. The van der Waals surface area contributed by atoms with Gasteiger partial charge in [0.1, 0.15) is 5.52 Å². The number of hydrogen-bond donors (Lipinski definition) is 2. The van der Waals surface area contributed by atoms with Crippen molar-refractivity contribution in [1.82, 2.24) is 4.98 Å². The van der Waals surface area contributed by atoms with Gasteiger partial charge in [0.05, 0.1) is 6.04 Å². The van der Waals surface area contributed by atoms with Crippen LogP contribution in [0.2, 0.25) is 0 Å². The van der Waals surface area contributed by atoms with Crippen LogP contribution >= 0.6 is 12.4 Å². The summed E-state index contributed by atoms with van der Waals surface area (Å²) in [5, 5.41) is 2.75. The van der Waals surface area contributed by atoms with Gasteiger partial charge in [-0.05, 0) is 30.5 Å². The second-order valence-electron chi connectivity index (χ2n) is 6.31. The minimum Gasteiger partial charge on any atom is -0.441 e. The minimum atomic E-state index is -0.542. The number of oxazole rings is 1. The summed E-state index contributed by atoms with van der Waals surface area (Å²) in [6, 6.07) is 4.85. The molecule has 0 aliphatic rings. The molecule has 0 aliphatic heterocycles. The van der Waals surface area contributed by atoms with Gasteiger partial charge in [0.25, 0.3) is 0 Å². The molecule has 1 atom stereocenters. The fourth-order valence-corrected chi connectivity index (χ4v) is 1.84. The summed E-state index contributed by atoms with van der Waals surface area (Å²) in [4.78, 5) is 16.0. The molecule has 1 amide bonds. The largest absolute Gasteiger partial charge is 0.441 e. The molecule has 0 spiro atoms. The highest BCUT2D eigenvalue weighted by atomic mass is 35.5. The Bertz CT molecular complexity index is 629. The number of nitrogens with two attached hydrogens (primary N) is 1. The molecule has 1 aromatic carbocycles. The predicted octanol–water partition coefficient (Wildman–Crippen LogP) is 3.12. The van der Waals surface area contributed by atoms with E-state index in [9.17, 15) is 4.79 Å². The first kappa shape index (κ1) is 17.5. The molecule has 0 radical (unpaired) electrons. The summed E-state index contributed by atoms with van der Waals surface area (Å²) in [6.45, 7) is 8.05. The van der Waals surface area contributed by atoms with E-state index < -0.39 is 6.04 Å². The fraction of sp³-hybridized carbons (Fsp3) is 0.467. The third-order valence-corrected chi connectivity index (χ3v) is 2.79. The summed E-state index contributed by atoms with van der Waals surface area (Å²) >= 11 is 0. The van der Waals surface area contributed by atoms with Gasteiger partial charge >= 0.3 is 0 Å². The number of carbonyl (C=O) groups excluding carboxylic acids is 1. The highest BCUT2D eigenvalue weighted by Gasteiger charge is 2.16. The van der Waals surface area contributed by atoms with Crippen LogP contribution in [-0.2, 0) is 11.2 Å². The second-order valence-corrected chi connectivity index (χ2v) is 6.31. The molecule has 0 saturated carbocycles. The van der Waals surface area contributed by atoms with Crippen LogP contribution in [0.1, 0.15) is 33.6 Å². The van der Waals surface area contributed by atoms with E-state index in [2.05, 4.69) is 31.1 Å². The first-order valence-electron chi connectivity index (χ1n) is 6.70. The number of halogens is 1. The highest BCUT2D eigenvalue weighted by Crippen LogP contribution is 2.25. The summed E-state index contributed by atoms with van der Waals surface area (Å²) in [6.07, 6.45) is 0.767. The SMILES string of the molecule is C[C@@H](N)C(=O)Nc1ccc2oc(CC(C)(C)C)nc2c1.Cl. The molecular weight excluding hydrogens is 290 g/mol. The van der Waals surface area contributed by atoms with Gasteiger partial charge in [-0.25, -0.2) is 4.98 Å². The average molecular weight is 312 g/mol. The number of nitrogens with zero attached hydrogens (tertiary/aromatic N) is 1. The normalized spacial score (nSPS) is 12.8. The molecule has 6 heteroatoms. The molecule has 2 rings (SSSR count). The van der Waals surface area contributed by atoms with Crippen LogP contribution in [0.15, 0.2) is 22.6 Å². The van der Waals surface area contributed by atoms with Crippen LogP contribution in [0, 0.1) is 5.41 Å². The Labute approximate surface area is 130 Å². The molecule has 0 saturated heterocycles. The van der Waals surface area contributed by atoms with Crippen molar-refractivity contribution in [3.05, 3.63) is 24.1 Å². The molecule has 0 bridgehead atoms. The second kappa shape index (κ2) is 6.45. The number of hydrogen-bond acceptors (Lipinski definition) is 4. The first-order chi connectivity index (χ1) is 9.24. The topological polar surface area (TPSA) is 81.2 Å². The minimum absolute atomic E-state index is 0. The van der Waals surface area contributed by atoms with E-state index in [1.54, 1.807) is 19.1 Å². The first-order valence-corrected chi connectivity index (χ1v) is 6.70. The summed E-state index contributed by atoms with van der Waals surface area (Å²) in [5.74, 6) is 0.492. The van der Waals surface area contributed by atoms with Crippen molar-refractivity contribution < 1.29 is 9.21 Å². The fourth-order valence-electron chi connectivity index (χ4n) is 1.84. The molecule has 0 fully saturated rings. The van der Waals surface area contributed by atoms with E-state index in [-0.39, 0.29) is 23.7 Å². The van der Waals surface area contributed by atoms with Gasteiger partial charge in [-0.3, -0.25) is 4.79 Å². The van der Waals surface area contributed by atoms with Crippen molar-refractivity contribution in [2.24, 2.45) is 11.1 Å². The van der Waals surface area contributed by atoms with E-state index >= 15 is 0 Å². The number of aromatic nitrogens is 1. The Morgan fingerprint density at radius 3 is 2.67 bits per heavy atom. The molecule has 3 N–H and O–H groups in total. The lowest BCUT2D eigenvalue weighted by atomic mass is 9.92. The van der Waals surface area contributed by atoms with E-state index in [4.69, 9.17) is 10.2 Å². The Morgan fingerprint density at radius 1 is 1.43 bits per heavy atom. The van der Waals surface area contributed by atoms with Crippen molar-refractivity contribution in [1.29, 1.82) is 0 Å². The van der Waals surface area contributed by atoms with Gasteiger partial charge in [-0.2, -0.15) is 0 Å². The van der Waals surface area contributed by atoms with Crippen LogP contribution in [0.3, 0.4) is 0 Å². The molecule has 2 aromatic rings. The molecular formula is C15H22ClN3O2. The molecule has 5 nitrogen and oxygen atoms in total. The van der Waals surface area contributed by atoms with Gasteiger partial charge < -0.3 is 15.5 Å². The van der Waals surface area contributed by atoms with Gasteiger partial charge in [0.2, 0.25) is 5.91 Å². The lowest BCUT2D eigenvalue weighted by Crippen LogP contribution is -2.32. The molecule has 116 valence electrons. The summed E-state index contributed by atoms with van der Waals surface area (Å²) < 4.78 is 5.70. The maximum absolute atomic E-state index is 11.6. The smallest absolute Gasteiger partial charge is 0.240 e. The van der Waals surface area contributed by atoms with E-state index in [0.717, 1.165) is 17.5 Å². The Balaban J connectivity index is 0.00000220. The summed E-state index contributed by atoms with van der Waals surface area (Å²) in [5.41, 5.74) is 7.79. The third-order valence-electron chi connectivity index (χ3n) is 2.79.